The first-order chi connectivity index (χ1) is 9.29. The maximum atomic E-state index is 4.66. The molecule has 0 bridgehead atoms. The number of aromatic nitrogens is 1. The molecule has 1 heterocycles. The smallest absolute Gasteiger partial charge is 0.185 e. The molecule has 3 nitrogen and oxygen atoms in total. The summed E-state index contributed by atoms with van der Waals surface area (Å²) in [5.41, 5.74) is 2.44. The van der Waals surface area contributed by atoms with Crippen molar-refractivity contribution in [2.24, 2.45) is 0 Å². The van der Waals surface area contributed by atoms with Crippen molar-refractivity contribution in [3.8, 4) is 0 Å². The second kappa shape index (κ2) is 7.26. The summed E-state index contributed by atoms with van der Waals surface area (Å²) in [6.07, 6.45) is 1.16. The van der Waals surface area contributed by atoms with Crippen LogP contribution in [0.4, 0.5) is 5.13 Å². The summed E-state index contributed by atoms with van der Waals surface area (Å²) in [7, 11) is 2.09. The third kappa shape index (κ3) is 4.33. The Labute approximate surface area is 119 Å². The zero-order chi connectivity index (χ0) is 13.5. The molecule has 0 aliphatic carbocycles. The van der Waals surface area contributed by atoms with Gasteiger partial charge in [0.1, 0.15) is 0 Å². The number of hydrogen-bond acceptors (Lipinski definition) is 4. The molecule has 0 saturated carbocycles. The molecular weight excluding hydrogens is 254 g/mol. The molecule has 0 fully saturated rings. The highest BCUT2D eigenvalue weighted by molar-refractivity contribution is 7.13. The Hall–Kier alpha value is -1.39. The summed E-state index contributed by atoms with van der Waals surface area (Å²) < 4.78 is 0. The number of nitrogens with one attached hydrogen (secondary N) is 1. The third-order valence-corrected chi connectivity index (χ3v) is 3.87. The van der Waals surface area contributed by atoms with Crippen molar-refractivity contribution in [3.63, 3.8) is 0 Å². The van der Waals surface area contributed by atoms with Gasteiger partial charge in [0.05, 0.1) is 5.69 Å². The number of rotatable bonds is 7. The quantitative estimate of drug-likeness (QED) is 0.786. The van der Waals surface area contributed by atoms with E-state index in [1.807, 2.05) is 6.07 Å². The van der Waals surface area contributed by atoms with Crippen LogP contribution in [0.5, 0.6) is 0 Å². The minimum Gasteiger partial charge on any atom is -0.347 e. The molecule has 0 unspecified atom stereocenters. The van der Waals surface area contributed by atoms with Crippen LogP contribution < -0.4 is 10.2 Å². The van der Waals surface area contributed by atoms with Crippen LogP contribution in [0.3, 0.4) is 0 Å². The Bertz CT molecular complexity index is 481. The highest BCUT2D eigenvalue weighted by Crippen LogP contribution is 2.20. The van der Waals surface area contributed by atoms with Crippen molar-refractivity contribution < 1.29 is 0 Å². The topological polar surface area (TPSA) is 28.2 Å². The van der Waals surface area contributed by atoms with E-state index in [9.17, 15) is 0 Å². The van der Waals surface area contributed by atoms with Gasteiger partial charge in [-0.05, 0) is 18.5 Å². The van der Waals surface area contributed by atoms with Crippen molar-refractivity contribution in [2.45, 2.75) is 26.4 Å². The first-order valence-electron chi connectivity index (χ1n) is 6.69. The molecule has 1 aromatic heterocycles. The lowest BCUT2D eigenvalue weighted by atomic mass is 10.2. The molecule has 1 aromatic carbocycles. The summed E-state index contributed by atoms with van der Waals surface area (Å²) >= 11 is 1.71. The number of hydrogen-bond donors (Lipinski definition) is 1. The van der Waals surface area contributed by atoms with Gasteiger partial charge in [0.25, 0.3) is 0 Å². The van der Waals surface area contributed by atoms with Crippen LogP contribution in [-0.2, 0) is 13.1 Å². The fraction of sp³-hybridized carbons (Fsp3) is 0.400. The Morgan fingerprint density at radius 3 is 2.79 bits per heavy atom. The second-order valence-corrected chi connectivity index (χ2v) is 5.48. The Morgan fingerprint density at radius 1 is 1.26 bits per heavy atom. The normalized spacial score (nSPS) is 10.6. The molecular formula is C15H21N3S. The highest BCUT2D eigenvalue weighted by Gasteiger charge is 2.07. The minimum absolute atomic E-state index is 0.865. The molecule has 19 heavy (non-hydrogen) atoms. The zero-order valence-electron chi connectivity index (χ0n) is 11.6. The van der Waals surface area contributed by atoms with E-state index in [1.165, 1.54) is 5.56 Å². The van der Waals surface area contributed by atoms with Gasteiger partial charge in [0.2, 0.25) is 0 Å². The van der Waals surface area contributed by atoms with E-state index in [-0.39, 0.29) is 0 Å². The first-order valence-corrected chi connectivity index (χ1v) is 7.57. The van der Waals surface area contributed by atoms with Crippen molar-refractivity contribution in [1.82, 2.24) is 10.3 Å². The summed E-state index contributed by atoms with van der Waals surface area (Å²) in [4.78, 5) is 6.86. The van der Waals surface area contributed by atoms with Gasteiger partial charge < -0.3 is 10.2 Å². The molecule has 0 spiro atoms. The van der Waals surface area contributed by atoms with Crippen LogP contribution in [0.25, 0.3) is 0 Å². The van der Waals surface area contributed by atoms with Crippen LogP contribution in [0.2, 0.25) is 0 Å². The van der Waals surface area contributed by atoms with Gasteiger partial charge in [0.15, 0.2) is 5.13 Å². The fourth-order valence-electron chi connectivity index (χ4n) is 1.87. The molecule has 2 aromatic rings. The van der Waals surface area contributed by atoms with Crippen LogP contribution in [0.1, 0.15) is 24.6 Å². The SMILES string of the molecule is CCCNCc1csc(N(C)Cc2ccccc2)n1. The predicted molar refractivity (Wildman–Crippen MR) is 82.7 cm³/mol. The van der Waals surface area contributed by atoms with Gasteiger partial charge in [-0.2, -0.15) is 0 Å². The molecule has 102 valence electrons. The average molecular weight is 275 g/mol. The van der Waals surface area contributed by atoms with Gasteiger partial charge >= 0.3 is 0 Å². The number of anilines is 1. The number of benzene rings is 1. The molecule has 4 heteroatoms. The van der Waals surface area contributed by atoms with Crippen LogP contribution in [-0.4, -0.2) is 18.6 Å². The van der Waals surface area contributed by atoms with E-state index < -0.39 is 0 Å². The van der Waals surface area contributed by atoms with Crippen molar-refractivity contribution in [2.75, 3.05) is 18.5 Å². The maximum absolute atomic E-state index is 4.66. The zero-order valence-corrected chi connectivity index (χ0v) is 12.4. The fourth-order valence-corrected chi connectivity index (χ4v) is 2.66. The monoisotopic (exact) mass is 275 g/mol. The van der Waals surface area contributed by atoms with Gasteiger partial charge in [0, 0.05) is 25.5 Å². The average Bonchev–Trinajstić information content (AvgIpc) is 2.89. The van der Waals surface area contributed by atoms with E-state index in [4.69, 9.17) is 0 Å². The summed E-state index contributed by atoms with van der Waals surface area (Å²) in [6, 6.07) is 10.5. The van der Waals surface area contributed by atoms with Crippen LogP contribution in [0, 0.1) is 0 Å². The maximum Gasteiger partial charge on any atom is 0.185 e. The second-order valence-electron chi connectivity index (χ2n) is 4.64. The molecule has 2 rings (SSSR count). The molecule has 0 radical (unpaired) electrons. The predicted octanol–water partition coefficient (Wildman–Crippen LogP) is 3.28. The van der Waals surface area contributed by atoms with Crippen molar-refractivity contribution in [1.29, 1.82) is 0 Å². The third-order valence-electron chi connectivity index (χ3n) is 2.86. The first kappa shape index (κ1) is 14.0. The van der Waals surface area contributed by atoms with E-state index in [2.05, 4.69) is 58.8 Å². The van der Waals surface area contributed by atoms with Crippen LogP contribution >= 0.6 is 11.3 Å². The highest BCUT2D eigenvalue weighted by atomic mass is 32.1. The van der Waals surface area contributed by atoms with E-state index in [0.717, 1.165) is 36.9 Å². The molecule has 1 N–H and O–H groups in total. The summed E-state index contributed by atoms with van der Waals surface area (Å²) in [6.45, 7) is 4.99. The summed E-state index contributed by atoms with van der Waals surface area (Å²) in [5, 5.41) is 6.60. The van der Waals surface area contributed by atoms with E-state index in [0.29, 0.717) is 0 Å². The molecule has 0 amide bonds. The van der Waals surface area contributed by atoms with Crippen LogP contribution in [0.15, 0.2) is 35.7 Å². The summed E-state index contributed by atoms with van der Waals surface area (Å²) in [5.74, 6) is 0. The minimum atomic E-state index is 0.865. The lowest BCUT2D eigenvalue weighted by Crippen LogP contribution is -2.17. The van der Waals surface area contributed by atoms with Gasteiger partial charge in [-0.3, -0.25) is 0 Å². The van der Waals surface area contributed by atoms with Crippen molar-refractivity contribution >= 4 is 16.5 Å². The number of nitrogens with zero attached hydrogens (tertiary/aromatic N) is 2. The Morgan fingerprint density at radius 2 is 2.05 bits per heavy atom. The van der Waals surface area contributed by atoms with Gasteiger partial charge in [-0.15, -0.1) is 11.3 Å². The standard InChI is InChI=1S/C15H21N3S/c1-3-9-16-10-14-12-19-15(17-14)18(2)11-13-7-5-4-6-8-13/h4-8,12,16H,3,9-11H2,1-2H3. The Balaban J connectivity index is 1.90. The van der Waals surface area contributed by atoms with E-state index >= 15 is 0 Å². The van der Waals surface area contributed by atoms with E-state index in [1.54, 1.807) is 11.3 Å². The van der Waals surface area contributed by atoms with Crippen molar-refractivity contribution in [3.05, 3.63) is 47.0 Å². The molecule has 0 aliphatic rings. The molecule has 0 aliphatic heterocycles. The van der Waals surface area contributed by atoms with Gasteiger partial charge in [-0.25, -0.2) is 4.98 Å². The largest absolute Gasteiger partial charge is 0.347 e. The Kier molecular flexibility index (Phi) is 5.36. The lowest BCUT2D eigenvalue weighted by molar-refractivity contribution is 0.666. The van der Waals surface area contributed by atoms with Gasteiger partial charge in [-0.1, -0.05) is 37.3 Å². The number of thiazole rings is 1. The molecule has 0 atom stereocenters. The lowest BCUT2D eigenvalue weighted by Gasteiger charge is -2.15. The molecule has 0 saturated heterocycles.